The van der Waals surface area contributed by atoms with Crippen molar-refractivity contribution in [1.82, 2.24) is 5.32 Å². The predicted molar refractivity (Wildman–Crippen MR) is 55.2 cm³/mol. The zero-order valence-electron chi connectivity index (χ0n) is 9.12. The van der Waals surface area contributed by atoms with Crippen molar-refractivity contribution in [1.29, 1.82) is 0 Å². The van der Waals surface area contributed by atoms with Gasteiger partial charge in [0.1, 0.15) is 0 Å². The molecule has 0 radical (unpaired) electrons. The molecule has 1 saturated carbocycles. The fraction of sp³-hybridized carbons (Fsp3) is 0.800. The first-order chi connectivity index (χ1) is 6.80. The molecule has 1 amide bonds. The molecule has 0 bridgehead atoms. The van der Waals surface area contributed by atoms with E-state index in [0.717, 1.165) is 6.42 Å². The van der Waals surface area contributed by atoms with Gasteiger partial charge in [-0.05, 0) is 33.1 Å². The summed E-state index contributed by atoms with van der Waals surface area (Å²) in [6, 6.07) is -0.0403. The number of rotatable bonds is 3. The molecule has 2 atom stereocenters. The van der Waals surface area contributed by atoms with Crippen LogP contribution in [0.1, 0.15) is 33.1 Å². The van der Waals surface area contributed by atoms with E-state index in [-0.39, 0.29) is 17.9 Å². The zero-order chi connectivity index (χ0) is 11.6. The van der Waals surface area contributed by atoms with E-state index in [1.165, 1.54) is 0 Å². The van der Waals surface area contributed by atoms with Crippen LogP contribution in [0.25, 0.3) is 0 Å². The van der Waals surface area contributed by atoms with E-state index in [2.05, 4.69) is 5.32 Å². The molecule has 1 rings (SSSR count). The van der Waals surface area contributed by atoms with Crippen LogP contribution < -0.4 is 11.1 Å². The van der Waals surface area contributed by atoms with Crippen LogP contribution in [0.15, 0.2) is 0 Å². The first-order valence-corrected chi connectivity index (χ1v) is 5.13. The van der Waals surface area contributed by atoms with Gasteiger partial charge in [0.15, 0.2) is 0 Å². The molecule has 0 aromatic rings. The Hall–Kier alpha value is -1.10. The van der Waals surface area contributed by atoms with Gasteiger partial charge in [0.05, 0.1) is 11.5 Å². The summed E-state index contributed by atoms with van der Waals surface area (Å²) in [5, 5.41) is 11.6. The minimum Gasteiger partial charge on any atom is -0.481 e. The fourth-order valence-electron chi connectivity index (χ4n) is 1.71. The van der Waals surface area contributed by atoms with E-state index in [0.29, 0.717) is 12.8 Å². The normalized spacial score (nSPS) is 26.3. The molecule has 1 aliphatic carbocycles. The zero-order valence-corrected chi connectivity index (χ0v) is 9.12. The highest BCUT2D eigenvalue weighted by molar-refractivity contribution is 5.85. The second-order valence-electron chi connectivity index (χ2n) is 4.74. The Balaban J connectivity index is 2.43. The third-order valence-electron chi connectivity index (χ3n) is 2.70. The van der Waals surface area contributed by atoms with Crippen LogP contribution in [-0.4, -0.2) is 28.6 Å². The standard InChI is InChI=1S/C10H18N2O3/c1-10(2,11)9(15)12-7-4-3-6(5-7)8(13)14/h6-7H,3-5,11H2,1-2H3,(H,12,15)(H,13,14)/t6-,7+/m1/s1. The lowest BCUT2D eigenvalue weighted by atomic mass is 10.1. The molecule has 4 N–H and O–H groups in total. The van der Waals surface area contributed by atoms with Gasteiger partial charge < -0.3 is 16.2 Å². The second kappa shape index (κ2) is 4.18. The fourth-order valence-corrected chi connectivity index (χ4v) is 1.71. The molecule has 0 aliphatic heterocycles. The second-order valence-corrected chi connectivity index (χ2v) is 4.74. The largest absolute Gasteiger partial charge is 0.481 e. The Morgan fingerprint density at radius 1 is 1.40 bits per heavy atom. The van der Waals surface area contributed by atoms with Crippen LogP contribution >= 0.6 is 0 Å². The van der Waals surface area contributed by atoms with Gasteiger partial charge in [0, 0.05) is 6.04 Å². The maximum absolute atomic E-state index is 11.5. The lowest BCUT2D eigenvalue weighted by Crippen LogP contribution is -2.51. The summed E-state index contributed by atoms with van der Waals surface area (Å²) in [6.07, 6.45) is 1.86. The maximum Gasteiger partial charge on any atom is 0.306 e. The van der Waals surface area contributed by atoms with Crippen LogP contribution in [0.2, 0.25) is 0 Å². The topological polar surface area (TPSA) is 92.4 Å². The minimum absolute atomic E-state index is 0.0403. The number of carboxylic acid groups (broad SMARTS) is 1. The van der Waals surface area contributed by atoms with Crippen LogP contribution in [0.3, 0.4) is 0 Å². The molecule has 5 heteroatoms. The van der Waals surface area contributed by atoms with E-state index in [4.69, 9.17) is 10.8 Å². The van der Waals surface area contributed by atoms with Crippen molar-refractivity contribution in [2.75, 3.05) is 0 Å². The summed E-state index contributed by atoms with van der Waals surface area (Å²) in [7, 11) is 0. The van der Waals surface area contributed by atoms with Gasteiger partial charge in [0.25, 0.3) is 0 Å². The maximum atomic E-state index is 11.5. The molecule has 5 nitrogen and oxygen atoms in total. The molecule has 86 valence electrons. The van der Waals surface area contributed by atoms with E-state index >= 15 is 0 Å². The van der Waals surface area contributed by atoms with Crippen molar-refractivity contribution in [2.24, 2.45) is 11.7 Å². The summed E-state index contributed by atoms with van der Waals surface area (Å²) in [5.41, 5.74) is 4.72. The summed E-state index contributed by atoms with van der Waals surface area (Å²) in [6.45, 7) is 3.26. The third-order valence-corrected chi connectivity index (χ3v) is 2.70. The van der Waals surface area contributed by atoms with Crippen LogP contribution in [0.5, 0.6) is 0 Å². The first-order valence-electron chi connectivity index (χ1n) is 5.13. The molecule has 0 spiro atoms. The molecule has 0 unspecified atom stereocenters. The molecule has 1 aliphatic rings. The molecule has 0 aromatic carbocycles. The van der Waals surface area contributed by atoms with Crippen LogP contribution in [-0.2, 0) is 9.59 Å². The summed E-state index contributed by atoms with van der Waals surface area (Å²) >= 11 is 0. The van der Waals surface area contributed by atoms with Gasteiger partial charge in [-0.2, -0.15) is 0 Å². The Kier molecular flexibility index (Phi) is 3.34. The number of carbonyl (C=O) groups is 2. The van der Waals surface area contributed by atoms with Gasteiger partial charge in [-0.15, -0.1) is 0 Å². The Labute approximate surface area is 89.0 Å². The predicted octanol–water partition coefficient (Wildman–Crippen LogP) is 0.0932. The molecule has 15 heavy (non-hydrogen) atoms. The van der Waals surface area contributed by atoms with Gasteiger partial charge in [-0.3, -0.25) is 9.59 Å². The van der Waals surface area contributed by atoms with Crippen molar-refractivity contribution in [3.8, 4) is 0 Å². The molecular formula is C10H18N2O3. The quantitative estimate of drug-likeness (QED) is 0.621. The number of carbonyl (C=O) groups excluding carboxylic acids is 1. The van der Waals surface area contributed by atoms with Gasteiger partial charge in [-0.25, -0.2) is 0 Å². The SMILES string of the molecule is CC(C)(N)C(=O)N[C@H]1CC[C@@H](C(=O)O)C1. The smallest absolute Gasteiger partial charge is 0.306 e. The average molecular weight is 214 g/mol. The van der Waals surface area contributed by atoms with E-state index < -0.39 is 11.5 Å². The molecule has 1 fully saturated rings. The van der Waals surface area contributed by atoms with Crippen molar-refractivity contribution in [3.05, 3.63) is 0 Å². The highest BCUT2D eigenvalue weighted by atomic mass is 16.4. The Morgan fingerprint density at radius 2 is 2.00 bits per heavy atom. The van der Waals surface area contributed by atoms with E-state index in [9.17, 15) is 9.59 Å². The summed E-state index contributed by atoms with van der Waals surface area (Å²) in [4.78, 5) is 22.2. The lowest BCUT2D eigenvalue weighted by molar-refractivity contribution is -0.141. The number of nitrogens with one attached hydrogen (secondary N) is 1. The molecule has 0 heterocycles. The third kappa shape index (κ3) is 3.20. The number of aliphatic carboxylic acids is 1. The number of carboxylic acids is 1. The lowest BCUT2D eigenvalue weighted by Gasteiger charge is -2.21. The van der Waals surface area contributed by atoms with Crippen molar-refractivity contribution >= 4 is 11.9 Å². The number of hydrogen-bond donors (Lipinski definition) is 3. The van der Waals surface area contributed by atoms with Crippen LogP contribution in [0, 0.1) is 5.92 Å². The van der Waals surface area contributed by atoms with Crippen molar-refractivity contribution < 1.29 is 14.7 Å². The highest BCUT2D eigenvalue weighted by Crippen LogP contribution is 2.25. The molecule has 0 saturated heterocycles. The average Bonchev–Trinajstić information content (AvgIpc) is 2.50. The Bertz CT molecular complexity index is 270. The minimum atomic E-state index is -0.901. The number of amides is 1. The van der Waals surface area contributed by atoms with E-state index in [1.807, 2.05) is 0 Å². The van der Waals surface area contributed by atoms with Gasteiger partial charge in [-0.1, -0.05) is 0 Å². The van der Waals surface area contributed by atoms with Gasteiger partial charge in [0.2, 0.25) is 5.91 Å². The monoisotopic (exact) mass is 214 g/mol. The van der Waals surface area contributed by atoms with E-state index in [1.54, 1.807) is 13.8 Å². The number of nitrogens with two attached hydrogens (primary N) is 1. The van der Waals surface area contributed by atoms with Crippen LogP contribution in [0.4, 0.5) is 0 Å². The Morgan fingerprint density at radius 3 is 2.40 bits per heavy atom. The summed E-state index contributed by atoms with van der Waals surface area (Å²) < 4.78 is 0. The first kappa shape index (κ1) is 12.0. The van der Waals surface area contributed by atoms with Crippen molar-refractivity contribution in [3.63, 3.8) is 0 Å². The summed E-state index contributed by atoms with van der Waals surface area (Å²) in [5.74, 6) is -1.33. The molecule has 0 aromatic heterocycles. The molecular weight excluding hydrogens is 196 g/mol. The van der Waals surface area contributed by atoms with Gasteiger partial charge >= 0.3 is 5.97 Å². The van der Waals surface area contributed by atoms with Crippen molar-refractivity contribution in [2.45, 2.75) is 44.7 Å². The number of hydrogen-bond acceptors (Lipinski definition) is 3. The highest BCUT2D eigenvalue weighted by Gasteiger charge is 2.32.